The maximum Gasteiger partial charge on any atom is 0.216 e. The molecule has 3 N–H and O–H groups in total. The number of rotatable bonds is 8. The first-order chi connectivity index (χ1) is 11.1. The molecule has 0 radical (unpaired) electrons. The molecule has 0 saturated carbocycles. The summed E-state index contributed by atoms with van der Waals surface area (Å²) in [4.78, 5) is 10.8. The van der Waals surface area contributed by atoms with E-state index in [4.69, 9.17) is 4.42 Å². The van der Waals surface area contributed by atoms with Crippen molar-refractivity contribution in [2.45, 2.75) is 32.4 Å². The van der Waals surface area contributed by atoms with Gasteiger partial charge in [0.15, 0.2) is 0 Å². The minimum Gasteiger partial charge on any atom is -0.467 e. The number of aliphatic hydroxyl groups excluding tert-OH is 1. The van der Waals surface area contributed by atoms with Crippen molar-refractivity contribution in [1.82, 2.24) is 10.6 Å². The van der Waals surface area contributed by atoms with Gasteiger partial charge in [0.05, 0.1) is 6.26 Å². The van der Waals surface area contributed by atoms with Crippen molar-refractivity contribution in [3.05, 3.63) is 59.5 Å². The van der Waals surface area contributed by atoms with Gasteiger partial charge >= 0.3 is 0 Å². The van der Waals surface area contributed by atoms with Crippen LogP contribution in [0.25, 0.3) is 0 Å². The topological polar surface area (TPSA) is 74.5 Å². The third-order valence-electron chi connectivity index (χ3n) is 3.76. The fourth-order valence-corrected chi connectivity index (χ4v) is 2.34. The number of carbonyl (C=O) groups is 1. The Morgan fingerprint density at radius 1 is 1.26 bits per heavy atom. The van der Waals surface area contributed by atoms with Crippen LogP contribution in [0.2, 0.25) is 0 Å². The molecule has 23 heavy (non-hydrogen) atoms. The van der Waals surface area contributed by atoms with E-state index in [0.29, 0.717) is 18.8 Å². The lowest BCUT2D eigenvalue weighted by Crippen LogP contribution is -2.24. The average Bonchev–Trinajstić information content (AvgIpc) is 3.07. The molecule has 0 spiro atoms. The second-order valence-corrected chi connectivity index (χ2v) is 5.64. The molecular formula is C18H24N2O3. The van der Waals surface area contributed by atoms with Crippen LogP contribution in [-0.2, 0) is 11.2 Å². The summed E-state index contributed by atoms with van der Waals surface area (Å²) >= 11 is 0. The van der Waals surface area contributed by atoms with Crippen LogP contribution in [0, 0.1) is 0 Å². The van der Waals surface area contributed by atoms with Crippen molar-refractivity contribution in [2.24, 2.45) is 0 Å². The van der Waals surface area contributed by atoms with Gasteiger partial charge in [-0.25, -0.2) is 0 Å². The van der Waals surface area contributed by atoms with E-state index >= 15 is 0 Å². The molecule has 2 atom stereocenters. The smallest absolute Gasteiger partial charge is 0.216 e. The normalized spacial score (nSPS) is 13.5. The predicted molar refractivity (Wildman–Crippen MR) is 88.9 cm³/mol. The fourth-order valence-electron chi connectivity index (χ4n) is 2.34. The second-order valence-electron chi connectivity index (χ2n) is 5.64. The first kappa shape index (κ1) is 17.2. The van der Waals surface area contributed by atoms with Crippen molar-refractivity contribution in [1.29, 1.82) is 0 Å². The van der Waals surface area contributed by atoms with Crippen molar-refractivity contribution in [3.8, 4) is 0 Å². The molecule has 5 heteroatoms. The molecule has 5 nitrogen and oxygen atoms in total. The maximum absolute atomic E-state index is 10.8. The van der Waals surface area contributed by atoms with Crippen LogP contribution in [0.4, 0.5) is 0 Å². The largest absolute Gasteiger partial charge is 0.467 e. The van der Waals surface area contributed by atoms with Gasteiger partial charge in [-0.1, -0.05) is 24.3 Å². The van der Waals surface area contributed by atoms with Crippen molar-refractivity contribution < 1.29 is 14.3 Å². The molecule has 0 saturated heterocycles. The second kappa shape index (κ2) is 8.50. The summed E-state index contributed by atoms with van der Waals surface area (Å²) in [6.07, 6.45) is 1.73. The lowest BCUT2D eigenvalue weighted by atomic mass is 10.0. The number of hydrogen-bond acceptors (Lipinski definition) is 4. The highest BCUT2D eigenvalue weighted by atomic mass is 16.4. The van der Waals surface area contributed by atoms with E-state index in [1.54, 1.807) is 18.4 Å². The minimum absolute atomic E-state index is 0.00504. The zero-order valence-electron chi connectivity index (χ0n) is 13.6. The molecule has 0 aliphatic rings. The first-order valence-corrected chi connectivity index (χ1v) is 7.84. The zero-order valence-corrected chi connectivity index (χ0v) is 13.6. The van der Waals surface area contributed by atoms with Crippen molar-refractivity contribution in [3.63, 3.8) is 0 Å². The van der Waals surface area contributed by atoms with Crippen LogP contribution in [0.1, 0.15) is 42.9 Å². The van der Waals surface area contributed by atoms with Crippen LogP contribution in [-0.4, -0.2) is 24.1 Å². The Balaban J connectivity index is 1.80. The molecule has 2 unspecified atom stereocenters. The Morgan fingerprint density at radius 3 is 2.61 bits per heavy atom. The summed E-state index contributed by atoms with van der Waals surface area (Å²) in [5.74, 6) is 0.563. The quantitative estimate of drug-likeness (QED) is 0.699. The number of hydrogen-bond donors (Lipinski definition) is 3. The highest BCUT2D eigenvalue weighted by Gasteiger charge is 2.12. The number of furan rings is 1. The highest BCUT2D eigenvalue weighted by Crippen LogP contribution is 2.16. The van der Waals surface area contributed by atoms with Gasteiger partial charge in [0.25, 0.3) is 0 Å². The molecule has 0 aliphatic carbocycles. The van der Waals surface area contributed by atoms with E-state index in [1.807, 2.05) is 0 Å². The summed E-state index contributed by atoms with van der Waals surface area (Å²) in [6, 6.07) is 11.9. The van der Waals surface area contributed by atoms with Crippen molar-refractivity contribution >= 4 is 5.91 Å². The Labute approximate surface area is 136 Å². The number of amides is 1. The molecule has 124 valence electrons. The lowest BCUT2D eigenvalue weighted by molar-refractivity contribution is -0.118. The van der Waals surface area contributed by atoms with E-state index in [0.717, 1.165) is 12.0 Å². The third-order valence-corrected chi connectivity index (χ3v) is 3.76. The van der Waals surface area contributed by atoms with Gasteiger partial charge in [-0.15, -0.1) is 0 Å². The number of benzene rings is 1. The standard InChI is InChI=1S/C18H24N2O3/c1-13(20-12-17(22)18-4-3-11-23-18)16-7-5-15(6-8-16)9-10-19-14(2)21/h3-8,11,13,17,20,22H,9-10,12H2,1-2H3,(H,19,21). The van der Waals surface area contributed by atoms with Crippen LogP contribution in [0.5, 0.6) is 0 Å². The average molecular weight is 316 g/mol. The first-order valence-electron chi connectivity index (χ1n) is 7.84. The van der Waals surface area contributed by atoms with Gasteiger partial charge in [-0.3, -0.25) is 4.79 Å². The van der Waals surface area contributed by atoms with E-state index in [2.05, 4.69) is 41.8 Å². The molecule has 0 fully saturated rings. The number of carbonyl (C=O) groups excluding carboxylic acids is 1. The molecular weight excluding hydrogens is 292 g/mol. The molecule has 1 aromatic carbocycles. The molecule has 1 aromatic heterocycles. The molecule has 1 heterocycles. The van der Waals surface area contributed by atoms with Gasteiger partial charge in [-0.2, -0.15) is 0 Å². The summed E-state index contributed by atoms with van der Waals surface area (Å²) in [7, 11) is 0. The summed E-state index contributed by atoms with van der Waals surface area (Å²) < 4.78 is 5.18. The third kappa shape index (κ3) is 5.54. The Hall–Kier alpha value is -2.11. The van der Waals surface area contributed by atoms with E-state index in [1.165, 1.54) is 12.5 Å². The minimum atomic E-state index is -0.649. The lowest BCUT2D eigenvalue weighted by Gasteiger charge is -2.17. The predicted octanol–water partition coefficient (Wildman–Crippen LogP) is 2.34. The zero-order chi connectivity index (χ0) is 16.7. The van der Waals surface area contributed by atoms with Gasteiger partial charge < -0.3 is 20.2 Å². The fraction of sp³-hybridized carbons (Fsp3) is 0.389. The van der Waals surface area contributed by atoms with Crippen molar-refractivity contribution in [2.75, 3.05) is 13.1 Å². The van der Waals surface area contributed by atoms with Gasteiger partial charge in [0.2, 0.25) is 5.91 Å². The van der Waals surface area contributed by atoms with E-state index in [9.17, 15) is 9.90 Å². The number of aliphatic hydroxyl groups is 1. The molecule has 0 aliphatic heterocycles. The van der Waals surface area contributed by atoms with E-state index < -0.39 is 6.10 Å². The monoisotopic (exact) mass is 316 g/mol. The summed E-state index contributed by atoms with van der Waals surface area (Å²) in [5.41, 5.74) is 2.34. The van der Waals surface area contributed by atoms with E-state index in [-0.39, 0.29) is 11.9 Å². The van der Waals surface area contributed by atoms with Gasteiger partial charge in [0.1, 0.15) is 11.9 Å². The van der Waals surface area contributed by atoms with Crippen LogP contribution < -0.4 is 10.6 Å². The van der Waals surface area contributed by atoms with Gasteiger partial charge in [0, 0.05) is 26.1 Å². The SMILES string of the molecule is CC(=O)NCCc1ccc(C(C)NCC(O)c2ccco2)cc1. The molecule has 1 amide bonds. The Kier molecular flexibility index (Phi) is 6.38. The van der Waals surface area contributed by atoms with Crippen LogP contribution >= 0.6 is 0 Å². The molecule has 0 bridgehead atoms. The molecule has 2 aromatic rings. The maximum atomic E-state index is 10.8. The van der Waals surface area contributed by atoms with Crippen LogP contribution in [0.15, 0.2) is 47.1 Å². The highest BCUT2D eigenvalue weighted by molar-refractivity contribution is 5.72. The number of nitrogens with one attached hydrogen (secondary N) is 2. The Bertz CT molecular complexity index is 593. The summed E-state index contributed by atoms with van der Waals surface area (Å²) in [6.45, 7) is 4.66. The van der Waals surface area contributed by atoms with Gasteiger partial charge in [-0.05, 0) is 36.6 Å². The van der Waals surface area contributed by atoms with Crippen LogP contribution in [0.3, 0.4) is 0 Å². The summed E-state index contributed by atoms with van der Waals surface area (Å²) in [5, 5.41) is 16.1. The molecule has 2 rings (SSSR count). The Morgan fingerprint density at radius 2 is 2.00 bits per heavy atom.